The molecule has 5 aliphatic rings. The Balaban J connectivity index is 1.23. The van der Waals surface area contributed by atoms with Crippen LogP contribution in [0.2, 0.25) is 0 Å². The van der Waals surface area contributed by atoms with Crippen molar-refractivity contribution in [2.24, 2.45) is 33.9 Å². The van der Waals surface area contributed by atoms with Crippen molar-refractivity contribution in [3.63, 3.8) is 0 Å². The number of hydrogen-bond acceptors (Lipinski definition) is 19. The zero-order chi connectivity index (χ0) is 58.6. The lowest BCUT2D eigenvalue weighted by atomic mass is 9.78. The smallest absolute Gasteiger partial charge is 0.341 e. The van der Waals surface area contributed by atoms with Crippen LogP contribution in [0.1, 0.15) is 101 Å². The average Bonchev–Trinajstić information content (AvgIpc) is 4.34. The molecular formula is C57H69FN6O16. The molecule has 8 N–H and O–H groups in total. The molecule has 3 aromatic carbocycles. The van der Waals surface area contributed by atoms with Crippen LogP contribution < -0.4 is 25.1 Å². The largest absolute Gasteiger partial charge is 0.507 e. The van der Waals surface area contributed by atoms with E-state index in [2.05, 4.69) is 10.5 Å². The molecule has 9 rings (SSSR count). The summed E-state index contributed by atoms with van der Waals surface area (Å²) in [4.78, 5) is 53.9. The normalized spacial score (nSPS) is 28.9. The summed E-state index contributed by atoms with van der Waals surface area (Å²) in [6.45, 7) is 14.6. The zero-order valence-corrected chi connectivity index (χ0v) is 46.3. The van der Waals surface area contributed by atoms with E-state index < -0.39 is 112 Å². The molecule has 4 aromatic rings. The number of phenolic OH excluding ortho intramolecular Hbond substituents is 3. The lowest BCUT2D eigenvalue weighted by molar-refractivity contribution is -0.160. The Hall–Kier alpha value is -7.89. The van der Waals surface area contributed by atoms with Crippen molar-refractivity contribution in [3.05, 3.63) is 86.7 Å². The molecule has 23 heteroatoms. The number of piperazine rings is 1. The second-order valence-electron chi connectivity index (χ2n) is 21.4. The summed E-state index contributed by atoms with van der Waals surface area (Å²) in [6, 6.07) is 0.394. The van der Waals surface area contributed by atoms with E-state index in [0.717, 1.165) is 18.9 Å². The van der Waals surface area contributed by atoms with Gasteiger partial charge >= 0.3 is 11.9 Å². The molecule has 5 bridgehead atoms. The topological polar surface area (TPSA) is 304 Å². The van der Waals surface area contributed by atoms with Gasteiger partial charge in [-0.3, -0.25) is 19.4 Å². The van der Waals surface area contributed by atoms with E-state index in [1.165, 1.54) is 78.8 Å². The first kappa shape index (κ1) is 58.3. The molecule has 2 fully saturated rings. The summed E-state index contributed by atoms with van der Waals surface area (Å²) in [5.41, 5.74) is -2.00. The number of phenols is 3. The SMILES string of the molecule is COc1c(N2CCN(/N=C/c3c4c(O)c5c(O)c(C)c6c(c5c3O)/C(=N\O)[C@@](C)(O/C=C/[C@H](OC)[C@@H](C)[C@@H](OC(C)=O)[C@H](C)[C@H](O)[C@H](C)[C@@H](O)[C@@H](C)/C=C/C=C(/C)C(=O)N4)O6)C(C)C2)c(F)cc2c(=O)c(C(=O)O)cn(C3CC3)c12. The number of aromatic carboxylic acids is 1. The second kappa shape index (κ2) is 22.7. The third-order valence-electron chi connectivity index (χ3n) is 16.0. The fourth-order valence-corrected chi connectivity index (χ4v) is 11.2. The van der Waals surface area contributed by atoms with E-state index in [-0.39, 0.29) is 98.2 Å². The molecule has 1 amide bonds. The highest BCUT2D eigenvalue weighted by atomic mass is 19.1. The third-order valence-corrected chi connectivity index (χ3v) is 16.0. The van der Waals surface area contributed by atoms with Gasteiger partial charge in [0.25, 0.3) is 11.7 Å². The summed E-state index contributed by atoms with van der Waals surface area (Å²) in [7, 11) is 2.76. The predicted molar refractivity (Wildman–Crippen MR) is 294 cm³/mol. The first-order valence-corrected chi connectivity index (χ1v) is 26.3. The van der Waals surface area contributed by atoms with Crippen LogP contribution in [-0.2, 0) is 23.8 Å². The summed E-state index contributed by atoms with van der Waals surface area (Å²) in [5, 5.41) is 92.4. The highest BCUT2D eigenvalue weighted by molar-refractivity contribution is 6.25. The molecule has 0 spiro atoms. The van der Waals surface area contributed by atoms with Crippen molar-refractivity contribution in [1.29, 1.82) is 0 Å². The Bertz CT molecular complexity index is 3370. The lowest BCUT2D eigenvalue weighted by Gasteiger charge is -2.40. The summed E-state index contributed by atoms with van der Waals surface area (Å²) >= 11 is 0. The first-order valence-electron chi connectivity index (χ1n) is 26.3. The number of ether oxygens (including phenoxy) is 5. The summed E-state index contributed by atoms with van der Waals surface area (Å²) < 4.78 is 48.0. The number of rotatable bonds is 8. The van der Waals surface area contributed by atoms with Crippen LogP contribution in [0, 0.1) is 36.4 Å². The minimum atomic E-state index is -2.01. The molecule has 5 heterocycles. The van der Waals surface area contributed by atoms with E-state index in [4.69, 9.17) is 28.8 Å². The maximum Gasteiger partial charge on any atom is 0.341 e. The average molecular weight is 1110 g/mol. The van der Waals surface area contributed by atoms with Crippen molar-refractivity contribution in [3.8, 4) is 28.7 Å². The molecule has 1 aromatic heterocycles. The van der Waals surface area contributed by atoms with Gasteiger partial charge in [0.15, 0.2) is 23.0 Å². The van der Waals surface area contributed by atoms with Gasteiger partial charge in [-0.1, -0.05) is 51.1 Å². The molecular weight excluding hydrogens is 1040 g/mol. The number of carboxylic acids is 1. The molecule has 22 nitrogen and oxygen atoms in total. The Morgan fingerprint density at radius 2 is 1.65 bits per heavy atom. The highest BCUT2D eigenvalue weighted by Crippen LogP contribution is 2.55. The van der Waals surface area contributed by atoms with Crippen LogP contribution >= 0.6 is 0 Å². The number of carbonyl (C=O) groups excluding carboxylic acids is 2. The molecule has 1 saturated heterocycles. The number of anilines is 2. The van der Waals surface area contributed by atoms with Gasteiger partial charge in [-0.15, -0.1) is 0 Å². The Morgan fingerprint density at radius 3 is 2.26 bits per heavy atom. The number of nitrogens with one attached hydrogen (secondary N) is 1. The number of methoxy groups -OCH3 is 2. The minimum absolute atomic E-state index is 0.0165. The summed E-state index contributed by atoms with van der Waals surface area (Å²) in [5.74, 6) is -10.4. The quantitative estimate of drug-likeness (QED) is 0.0225. The van der Waals surface area contributed by atoms with Crippen molar-refractivity contribution in [2.45, 2.75) is 117 Å². The molecule has 430 valence electrons. The number of hydrogen-bond donors (Lipinski definition) is 8. The standard InChI is InChI=1S/C57H69FN6O16/c1-25-13-12-14-26(2)55(72)60-42-35(22-59-64-19-18-62(23-27(64)3)44-37(58)21-34-43(53(44)77-11)63(33-15-16-33)24-36(48(34)69)56(73)74)49(70)39-40(50(42)71)47(68)31(7)52-41(39)54(61-75)57(9,80-52)78-20-17-38(76-10)28(4)51(79-32(8)65)30(6)46(67)29(5)45(25)66/h12-14,17,20-22,24-25,27-30,33,38,45-46,51,66-68,70-71,75H,15-16,18-19,23H2,1-11H3,(H,60,72)(H,73,74)/b13-12+,20-17+,26-14-,59-22+,61-54+/t25-,27?,28+,29+,30+,38-,45-,46+,51+,57-/m0/s1. The van der Waals surface area contributed by atoms with Crippen molar-refractivity contribution < 1.29 is 78.3 Å². The van der Waals surface area contributed by atoms with Crippen LogP contribution in [0.5, 0.6) is 28.7 Å². The third kappa shape index (κ3) is 10.4. The van der Waals surface area contributed by atoms with Gasteiger partial charge in [-0.2, -0.15) is 5.10 Å². The molecule has 1 aliphatic carbocycles. The predicted octanol–water partition coefficient (Wildman–Crippen LogP) is 6.79. The molecule has 1 saturated carbocycles. The molecule has 1 unspecified atom stereocenters. The summed E-state index contributed by atoms with van der Waals surface area (Å²) in [6.07, 6.45) is 7.10. The fourth-order valence-electron chi connectivity index (χ4n) is 11.2. The van der Waals surface area contributed by atoms with Gasteiger partial charge in [0, 0.05) is 86.5 Å². The molecule has 0 radical (unpaired) electrons. The number of esters is 1. The Labute approximate surface area is 460 Å². The van der Waals surface area contributed by atoms with Gasteiger partial charge in [-0.05, 0) is 45.8 Å². The van der Waals surface area contributed by atoms with Gasteiger partial charge in [0.2, 0.25) is 5.43 Å². The van der Waals surface area contributed by atoms with Gasteiger partial charge < -0.3 is 74.3 Å². The number of aliphatic hydroxyl groups excluding tert-OH is 2. The number of carboxylic acid groups (broad SMARTS) is 1. The number of allylic oxidation sites excluding steroid dienone is 2. The van der Waals surface area contributed by atoms with E-state index in [9.17, 15) is 55.0 Å². The monoisotopic (exact) mass is 1110 g/mol. The second-order valence-corrected chi connectivity index (χ2v) is 21.4. The van der Waals surface area contributed by atoms with E-state index in [1.807, 2.05) is 0 Å². The van der Waals surface area contributed by atoms with Crippen LogP contribution in [0.25, 0.3) is 21.7 Å². The number of nitrogens with zero attached hydrogens (tertiary/aromatic N) is 5. The van der Waals surface area contributed by atoms with Crippen LogP contribution in [0.4, 0.5) is 15.8 Å². The molecule has 10 atom stereocenters. The fraction of sp³-hybridized carbons (Fsp3) is 0.474. The Kier molecular flexibility index (Phi) is 16.5. The van der Waals surface area contributed by atoms with Gasteiger partial charge in [0.1, 0.15) is 34.6 Å². The number of hydrazone groups is 1. The number of carbonyl (C=O) groups is 3. The number of fused-ring (bicyclic) bond motifs is 15. The van der Waals surface area contributed by atoms with Crippen molar-refractivity contribution >= 4 is 62.8 Å². The molecule has 80 heavy (non-hydrogen) atoms. The minimum Gasteiger partial charge on any atom is -0.507 e. The highest BCUT2D eigenvalue weighted by Gasteiger charge is 2.49. The van der Waals surface area contributed by atoms with E-state index >= 15 is 4.39 Å². The number of oxime groups is 1. The number of halogens is 1. The molecule has 4 aliphatic heterocycles. The van der Waals surface area contributed by atoms with E-state index in [0.29, 0.717) is 0 Å². The maximum atomic E-state index is 16.4. The van der Waals surface area contributed by atoms with Crippen molar-refractivity contribution in [2.75, 3.05) is 44.1 Å². The van der Waals surface area contributed by atoms with Crippen LogP contribution in [0.15, 0.2) is 63.5 Å². The number of benzene rings is 3. The number of aromatic hydroxyl groups is 3. The number of pyridine rings is 1. The van der Waals surface area contributed by atoms with Gasteiger partial charge in [-0.25, -0.2) is 9.18 Å². The van der Waals surface area contributed by atoms with Crippen LogP contribution in [0.3, 0.4) is 0 Å². The Morgan fingerprint density at radius 1 is 0.950 bits per heavy atom. The maximum absolute atomic E-state index is 16.4. The number of aliphatic hydroxyl groups is 2. The van der Waals surface area contributed by atoms with Crippen LogP contribution in [-0.4, -0.2) is 145 Å². The number of aromatic nitrogens is 1. The zero-order valence-electron chi connectivity index (χ0n) is 46.3. The lowest BCUT2D eigenvalue weighted by Crippen LogP contribution is -2.50. The van der Waals surface area contributed by atoms with E-state index in [1.54, 1.807) is 55.2 Å². The first-order chi connectivity index (χ1) is 37.8. The van der Waals surface area contributed by atoms with Gasteiger partial charge in [0.05, 0.1) is 83.6 Å². The van der Waals surface area contributed by atoms with Crippen molar-refractivity contribution in [1.82, 2.24) is 9.58 Å². The number of amides is 1.